The Morgan fingerprint density at radius 3 is 2.06 bits per heavy atom. The number of rotatable bonds is 8. The van der Waals surface area contributed by atoms with Crippen molar-refractivity contribution in [2.45, 2.75) is 20.3 Å². The molecule has 0 aliphatic heterocycles. The molecule has 18 heavy (non-hydrogen) atoms. The number of aliphatic carboxylic acids is 1. The molecule has 0 radical (unpaired) electrons. The second-order valence-electron chi connectivity index (χ2n) is 4.49. The van der Waals surface area contributed by atoms with Gasteiger partial charge in [-0.25, -0.2) is 0 Å². The van der Waals surface area contributed by atoms with E-state index in [1.54, 1.807) is 13.8 Å². The van der Waals surface area contributed by atoms with Crippen LogP contribution in [0.3, 0.4) is 0 Å². The van der Waals surface area contributed by atoms with E-state index in [2.05, 4.69) is 0 Å². The van der Waals surface area contributed by atoms with Crippen LogP contribution in [0.25, 0.3) is 0 Å². The summed E-state index contributed by atoms with van der Waals surface area (Å²) in [6.07, 6.45) is -0.978. The number of hydrogen-bond acceptors (Lipinski definition) is 4. The fourth-order valence-corrected chi connectivity index (χ4v) is 2.53. The van der Waals surface area contributed by atoms with Gasteiger partial charge in [-0.1, -0.05) is 13.8 Å². The first kappa shape index (κ1) is 17.0. The minimum atomic E-state index is -4.48. The largest absolute Gasteiger partial charge is 0.481 e. The van der Waals surface area contributed by atoms with Gasteiger partial charge in [0.15, 0.2) is 12.1 Å². The van der Waals surface area contributed by atoms with Gasteiger partial charge in [-0.2, -0.15) is 0 Å². The minimum absolute atomic E-state index is 0.112. The second-order valence-corrected chi connectivity index (χ2v) is 6.18. The topological polar surface area (TPSA) is 129 Å². The van der Waals surface area contributed by atoms with Crippen LogP contribution in [0.15, 0.2) is 0 Å². The zero-order chi connectivity index (χ0) is 14.5. The average molecular weight is 280 g/mol. The van der Waals surface area contributed by atoms with E-state index in [0.717, 1.165) is 0 Å². The van der Waals surface area contributed by atoms with Crippen molar-refractivity contribution in [1.29, 1.82) is 0 Å². The Morgan fingerprint density at radius 2 is 1.78 bits per heavy atom. The molecule has 0 aromatic rings. The molecule has 7 nitrogen and oxygen atoms in total. The molecule has 0 aliphatic carbocycles. The molecule has 0 saturated carbocycles. The maximum Gasteiger partial charge on any atom is 0.326 e. The van der Waals surface area contributed by atoms with Crippen molar-refractivity contribution in [3.63, 3.8) is 0 Å². The van der Waals surface area contributed by atoms with E-state index in [4.69, 9.17) is 14.9 Å². The van der Waals surface area contributed by atoms with Crippen LogP contribution in [0.5, 0.6) is 0 Å². The van der Waals surface area contributed by atoms with E-state index >= 15 is 0 Å². The van der Waals surface area contributed by atoms with Crippen LogP contribution < -0.4 is 0 Å². The number of carboxylic acid groups (broad SMARTS) is 1. The van der Waals surface area contributed by atoms with Gasteiger partial charge >= 0.3 is 13.6 Å². The number of Topliss-reactive ketones (excluding diaryl/α,β-unsaturated/α-hetero) is 1. The molecule has 2 unspecified atom stereocenters. The fraction of sp³-hybridized carbons (Fsp3) is 0.700. The van der Waals surface area contributed by atoms with Crippen molar-refractivity contribution >= 4 is 25.6 Å². The van der Waals surface area contributed by atoms with Gasteiger partial charge in [0.05, 0.1) is 12.1 Å². The molecular weight excluding hydrogens is 263 g/mol. The van der Waals surface area contributed by atoms with E-state index in [-0.39, 0.29) is 18.6 Å². The van der Waals surface area contributed by atoms with Crippen molar-refractivity contribution in [2.24, 2.45) is 17.8 Å². The molecule has 0 fully saturated rings. The maximum atomic E-state index is 11.3. The molecule has 8 heteroatoms. The molecule has 3 N–H and O–H groups in total. The standard InChI is InChI=1S/C10H17O7P/c1-6(2)8(9(12)4-11)3-7(10(13)14)5-18(15,16)17/h4,6-8H,3,5H2,1-2H3,(H,13,14)(H2,15,16,17). The highest BCUT2D eigenvalue weighted by Gasteiger charge is 2.33. The quantitative estimate of drug-likeness (QED) is 0.331. The van der Waals surface area contributed by atoms with Crippen molar-refractivity contribution in [3.05, 3.63) is 0 Å². The number of aldehydes is 1. The summed E-state index contributed by atoms with van der Waals surface area (Å²) < 4.78 is 10.8. The smallest absolute Gasteiger partial charge is 0.326 e. The third-order valence-electron chi connectivity index (χ3n) is 2.63. The van der Waals surface area contributed by atoms with Gasteiger partial charge < -0.3 is 14.9 Å². The van der Waals surface area contributed by atoms with Crippen molar-refractivity contribution < 1.29 is 33.8 Å². The van der Waals surface area contributed by atoms with Gasteiger partial charge in [0.2, 0.25) is 0 Å². The summed E-state index contributed by atoms with van der Waals surface area (Å²) in [5.74, 6) is -4.59. The second kappa shape index (κ2) is 6.78. The first-order chi connectivity index (χ1) is 8.08. The van der Waals surface area contributed by atoms with E-state index < -0.39 is 37.3 Å². The average Bonchev–Trinajstić information content (AvgIpc) is 2.20. The number of carbonyl (C=O) groups is 3. The summed E-state index contributed by atoms with van der Waals surface area (Å²) in [5.41, 5.74) is 0. The van der Waals surface area contributed by atoms with Gasteiger partial charge in [0.1, 0.15) is 0 Å². The summed E-state index contributed by atoms with van der Waals surface area (Å²) in [6, 6.07) is 0. The van der Waals surface area contributed by atoms with Crippen molar-refractivity contribution in [1.82, 2.24) is 0 Å². The van der Waals surface area contributed by atoms with Gasteiger partial charge in [0.25, 0.3) is 0 Å². The molecule has 0 aromatic heterocycles. The summed E-state index contributed by atoms with van der Waals surface area (Å²) in [6.45, 7) is 3.28. The molecule has 0 amide bonds. The van der Waals surface area contributed by atoms with Gasteiger partial charge in [-0.15, -0.1) is 0 Å². The Kier molecular flexibility index (Phi) is 6.38. The van der Waals surface area contributed by atoms with Crippen LogP contribution in [0.4, 0.5) is 0 Å². The van der Waals surface area contributed by atoms with Crippen LogP contribution >= 0.6 is 7.60 Å². The Balaban J connectivity index is 4.94. The highest BCUT2D eigenvalue weighted by molar-refractivity contribution is 7.51. The predicted octanol–water partition coefficient (Wildman–Crippen LogP) is 0.295. The van der Waals surface area contributed by atoms with Crippen LogP contribution in [0.2, 0.25) is 0 Å². The third-order valence-corrected chi connectivity index (χ3v) is 3.55. The normalized spacial score (nSPS) is 15.2. The van der Waals surface area contributed by atoms with Crippen molar-refractivity contribution in [2.75, 3.05) is 6.16 Å². The minimum Gasteiger partial charge on any atom is -0.481 e. The Hall–Kier alpha value is -1.04. The fourth-order valence-electron chi connectivity index (χ4n) is 1.65. The molecule has 0 heterocycles. The Labute approximate surface area is 104 Å². The highest BCUT2D eigenvalue weighted by atomic mass is 31.2. The summed E-state index contributed by atoms with van der Waals surface area (Å²) in [4.78, 5) is 50.2. The first-order valence-electron chi connectivity index (χ1n) is 5.35. The lowest BCUT2D eigenvalue weighted by atomic mass is 9.84. The van der Waals surface area contributed by atoms with Gasteiger partial charge in [0, 0.05) is 5.92 Å². The van der Waals surface area contributed by atoms with Crippen molar-refractivity contribution in [3.8, 4) is 0 Å². The summed E-state index contributed by atoms with van der Waals surface area (Å²) in [7, 11) is -4.48. The molecular formula is C10H17O7P. The molecule has 104 valence electrons. The van der Waals surface area contributed by atoms with Gasteiger partial charge in [-0.3, -0.25) is 18.9 Å². The molecule has 0 saturated heterocycles. The summed E-state index contributed by atoms with van der Waals surface area (Å²) >= 11 is 0. The maximum absolute atomic E-state index is 11.3. The summed E-state index contributed by atoms with van der Waals surface area (Å²) in [5, 5.41) is 8.88. The van der Waals surface area contributed by atoms with Gasteiger partial charge in [-0.05, 0) is 12.3 Å². The first-order valence-corrected chi connectivity index (χ1v) is 7.14. The zero-order valence-corrected chi connectivity index (χ0v) is 11.0. The Bertz CT molecular complexity index is 370. The number of ketones is 1. The molecule has 2 atom stereocenters. The lowest BCUT2D eigenvalue weighted by Crippen LogP contribution is -2.29. The molecule has 0 bridgehead atoms. The molecule has 0 aromatic carbocycles. The number of carbonyl (C=O) groups excluding carboxylic acids is 2. The van der Waals surface area contributed by atoms with Crippen LogP contribution in [0.1, 0.15) is 20.3 Å². The zero-order valence-electron chi connectivity index (χ0n) is 10.1. The van der Waals surface area contributed by atoms with E-state index in [1.165, 1.54) is 0 Å². The van der Waals surface area contributed by atoms with Crippen LogP contribution in [-0.2, 0) is 18.9 Å². The number of carboxylic acids is 1. The lowest BCUT2D eigenvalue weighted by Gasteiger charge is -2.21. The molecule has 0 spiro atoms. The molecule has 0 rings (SSSR count). The number of hydrogen-bond donors (Lipinski definition) is 3. The monoisotopic (exact) mass is 280 g/mol. The highest BCUT2D eigenvalue weighted by Crippen LogP contribution is 2.39. The lowest BCUT2D eigenvalue weighted by molar-refractivity contribution is -0.142. The van der Waals surface area contributed by atoms with Crippen LogP contribution in [0, 0.1) is 17.8 Å². The van der Waals surface area contributed by atoms with E-state index in [1.807, 2.05) is 0 Å². The van der Waals surface area contributed by atoms with Crippen LogP contribution in [-0.4, -0.2) is 39.1 Å². The predicted molar refractivity (Wildman–Crippen MR) is 62.1 cm³/mol. The van der Waals surface area contributed by atoms with E-state index in [0.29, 0.717) is 0 Å². The SMILES string of the molecule is CC(C)C(CC(CP(=O)(O)O)C(=O)O)C(=O)C=O. The van der Waals surface area contributed by atoms with E-state index in [9.17, 15) is 18.9 Å². The Morgan fingerprint density at radius 1 is 1.28 bits per heavy atom. The third kappa shape index (κ3) is 6.05. The molecule has 0 aliphatic rings.